The van der Waals surface area contributed by atoms with Gasteiger partial charge in [-0.1, -0.05) is 0 Å². The third kappa shape index (κ3) is 2.67. The second-order valence-electron chi connectivity index (χ2n) is 3.66. The zero-order chi connectivity index (χ0) is 9.10. The van der Waals surface area contributed by atoms with E-state index in [9.17, 15) is 4.79 Å². The summed E-state index contributed by atoms with van der Waals surface area (Å²) in [7, 11) is 0. The number of carbonyl (C=O) groups excluding carboxylic acids is 1. The zero-order valence-corrected chi connectivity index (χ0v) is 7.62. The molecule has 74 valence electrons. The van der Waals surface area contributed by atoms with Gasteiger partial charge >= 0.3 is 5.97 Å². The van der Waals surface area contributed by atoms with Crippen LogP contribution >= 0.6 is 0 Å². The van der Waals surface area contributed by atoms with E-state index in [0.29, 0.717) is 25.7 Å². The maximum atomic E-state index is 11.4. The lowest BCUT2D eigenvalue weighted by Gasteiger charge is -2.21. The van der Waals surface area contributed by atoms with Crippen molar-refractivity contribution in [2.45, 2.75) is 18.9 Å². The van der Waals surface area contributed by atoms with Crippen molar-refractivity contribution in [1.82, 2.24) is 5.32 Å². The lowest BCUT2D eigenvalue weighted by molar-refractivity contribution is -0.149. The van der Waals surface area contributed by atoms with Crippen LogP contribution in [0.2, 0.25) is 0 Å². The molecule has 1 saturated heterocycles. The predicted octanol–water partition coefficient (Wildman–Crippen LogP) is -0.0720. The number of esters is 1. The fourth-order valence-electron chi connectivity index (χ4n) is 1.30. The van der Waals surface area contributed by atoms with Gasteiger partial charge in [-0.15, -0.1) is 0 Å². The lowest BCUT2D eigenvalue weighted by Crippen LogP contribution is -2.47. The number of carbonyl (C=O) groups is 1. The average Bonchev–Trinajstić information content (AvgIpc) is 2.99. The van der Waals surface area contributed by atoms with Crippen molar-refractivity contribution >= 4 is 5.97 Å². The van der Waals surface area contributed by atoms with Gasteiger partial charge in [-0.05, 0) is 18.8 Å². The normalized spacial score (nSPS) is 28.5. The van der Waals surface area contributed by atoms with Crippen LogP contribution in [0.25, 0.3) is 0 Å². The van der Waals surface area contributed by atoms with E-state index in [1.807, 2.05) is 0 Å². The van der Waals surface area contributed by atoms with Gasteiger partial charge < -0.3 is 14.8 Å². The van der Waals surface area contributed by atoms with Crippen LogP contribution in [-0.2, 0) is 14.3 Å². The van der Waals surface area contributed by atoms with Gasteiger partial charge in [0, 0.05) is 6.54 Å². The molecule has 0 bridgehead atoms. The van der Waals surface area contributed by atoms with E-state index in [-0.39, 0.29) is 12.0 Å². The Labute approximate surface area is 77.6 Å². The first-order chi connectivity index (χ1) is 6.36. The number of nitrogens with one attached hydrogen (secondary N) is 1. The molecule has 1 unspecified atom stereocenters. The van der Waals surface area contributed by atoms with Gasteiger partial charge in [0.2, 0.25) is 0 Å². The molecule has 2 aliphatic rings. The van der Waals surface area contributed by atoms with Crippen LogP contribution in [0.3, 0.4) is 0 Å². The number of hydrogen-bond acceptors (Lipinski definition) is 4. The molecule has 0 spiro atoms. The molecule has 13 heavy (non-hydrogen) atoms. The molecule has 0 amide bonds. The van der Waals surface area contributed by atoms with E-state index >= 15 is 0 Å². The summed E-state index contributed by atoms with van der Waals surface area (Å²) in [6, 6.07) is -0.243. The minimum absolute atomic E-state index is 0.161. The molecular formula is C9H15NO3. The largest absolute Gasteiger partial charge is 0.464 e. The van der Waals surface area contributed by atoms with E-state index in [1.54, 1.807) is 0 Å². The van der Waals surface area contributed by atoms with Gasteiger partial charge in [-0.25, -0.2) is 0 Å². The zero-order valence-electron chi connectivity index (χ0n) is 7.62. The first-order valence-electron chi connectivity index (χ1n) is 4.84. The van der Waals surface area contributed by atoms with Crippen LogP contribution in [-0.4, -0.2) is 38.4 Å². The Balaban J connectivity index is 1.67. The first kappa shape index (κ1) is 8.97. The maximum absolute atomic E-state index is 11.4. The molecule has 1 aliphatic carbocycles. The van der Waals surface area contributed by atoms with Crippen molar-refractivity contribution in [1.29, 1.82) is 0 Å². The van der Waals surface area contributed by atoms with E-state index < -0.39 is 0 Å². The molecule has 0 aromatic carbocycles. The van der Waals surface area contributed by atoms with Crippen molar-refractivity contribution < 1.29 is 14.3 Å². The lowest BCUT2D eigenvalue weighted by atomic mass is 10.3. The third-order valence-electron chi connectivity index (χ3n) is 2.36. The van der Waals surface area contributed by atoms with Crippen LogP contribution in [0.4, 0.5) is 0 Å². The van der Waals surface area contributed by atoms with Crippen LogP contribution < -0.4 is 5.32 Å². The van der Waals surface area contributed by atoms with E-state index in [2.05, 4.69) is 5.32 Å². The fraction of sp³-hybridized carbons (Fsp3) is 0.889. The van der Waals surface area contributed by atoms with E-state index in [1.165, 1.54) is 12.8 Å². The van der Waals surface area contributed by atoms with E-state index in [4.69, 9.17) is 9.47 Å². The maximum Gasteiger partial charge on any atom is 0.325 e. The molecule has 4 nitrogen and oxygen atoms in total. The topological polar surface area (TPSA) is 47.6 Å². The van der Waals surface area contributed by atoms with Crippen LogP contribution in [0.15, 0.2) is 0 Å². The highest BCUT2D eigenvalue weighted by molar-refractivity contribution is 5.76. The van der Waals surface area contributed by atoms with Gasteiger partial charge in [0.05, 0.1) is 19.8 Å². The standard InChI is InChI=1S/C9H15NO3/c11-9(13-5-7-1-2-7)8-6-12-4-3-10-8/h7-8,10H,1-6H2. The summed E-state index contributed by atoms with van der Waals surface area (Å²) < 4.78 is 10.3. The Kier molecular flexibility index (Phi) is 2.80. The molecule has 1 heterocycles. The number of morpholine rings is 1. The smallest absolute Gasteiger partial charge is 0.325 e. The van der Waals surface area contributed by atoms with Crippen LogP contribution in [0, 0.1) is 5.92 Å². The van der Waals surface area contributed by atoms with Crippen molar-refractivity contribution in [2.75, 3.05) is 26.4 Å². The molecule has 1 aliphatic heterocycles. The van der Waals surface area contributed by atoms with Gasteiger partial charge in [-0.3, -0.25) is 4.79 Å². The van der Waals surface area contributed by atoms with Crippen LogP contribution in [0.1, 0.15) is 12.8 Å². The van der Waals surface area contributed by atoms with Crippen molar-refractivity contribution in [3.63, 3.8) is 0 Å². The summed E-state index contributed by atoms with van der Waals surface area (Å²) in [5, 5.41) is 3.06. The molecule has 0 aromatic rings. The quantitative estimate of drug-likeness (QED) is 0.625. The average molecular weight is 185 g/mol. The Hall–Kier alpha value is -0.610. The number of rotatable bonds is 3. The minimum Gasteiger partial charge on any atom is -0.464 e. The highest BCUT2D eigenvalue weighted by Crippen LogP contribution is 2.28. The molecule has 4 heteroatoms. The van der Waals surface area contributed by atoms with Gasteiger partial charge in [0.15, 0.2) is 0 Å². The van der Waals surface area contributed by atoms with Crippen molar-refractivity contribution in [3.8, 4) is 0 Å². The summed E-state index contributed by atoms with van der Waals surface area (Å²) in [5.41, 5.74) is 0. The summed E-state index contributed by atoms with van der Waals surface area (Å²) in [6.07, 6.45) is 2.42. The summed E-state index contributed by atoms with van der Waals surface area (Å²) in [5.74, 6) is 0.472. The van der Waals surface area contributed by atoms with Crippen molar-refractivity contribution in [3.05, 3.63) is 0 Å². The highest BCUT2D eigenvalue weighted by Gasteiger charge is 2.27. The Bertz CT molecular complexity index is 185. The number of hydrogen-bond donors (Lipinski definition) is 1. The van der Waals surface area contributed by atoms with E-state index in [0.717, 1.165) is 6.54 Å². The third-order valence-corrected chi connectivity index (χ3v) is 2.36. The SMILES string of the molecule is O=C(OCC1CC1)C1COCCN1. The summed E-state index contributed by atoms with van der Waals surface area (Å²) >= 11 is 0. The minimum atomic E-state index is -0.243. The molecule has 2 fully saturated rings. The fourth-order valence-corrected chi connectivity index (χ4v) is 1.30. The van der Waals surface area contributed by atoms with Crippen molar-refractivity contribution in [2.24, 2.45) is 5.92 Å². The molecule has 2 rings (SSSR count). The molecule has 1 atom stereocenters. The molecular weight excluding hydrogens is 170 g/mol. The second-order valence-corrected chi connectivity index (χ2v) is 3.66. The monoisotopic (exact) mass is 185 g/mol. The molecule has 1 saturated carbocycles. The predicted molar refractivity (Wildman–Crippen MR) is 46.3 cm³/mol. The summed E-state index contributed by atoms with van der Waals surface area (Å²) in [4.78, 5) is 11.4. The van der Waals surface area contributed by atoms with Gasteiger partial charge in [0.25, 0.3) is 0 Å². The van der Waals surface area contributed by atoms with Gasteiger partial charge in [0.1, 0.15) is 6.04 Å². The van der Waals surface area contributed by atoms with Crippen LogP contribution in [0.5, 0.6) is 0 Å². The summed E-state index contributed by atoms with van der Waals surface area (Å²) in [6.45, 7) is 2.47. The Morgan fingerprint density at radius 3 is 3.00 bits per heavy atom. The molecule has 1 N–H and O–H groups in total. The highest BCUT2D eigenvalue weighted by atomic mass is 16.5. The Morgan fingerprint density at radius 1 is 1.54 bits per heavy atom. The van der Waals surface area contributed by atoms with Gasteiger partial charge in [-0.2, -0.15) is 0 Å². The molecule has 0 aromatic heterocycles. The molecule has 0 radical (unpaired) electrons. The number of ether oxygens (including phenoxy) is 2. The Morgan fingerprint density at radius 2 is 2.38 bits per heavy atom. The first-order valence-corrected chi connectivity index (χ1v) is 4.84. The second kappa shape index (κ2) is 4.07.